The molecule has 0 saturated carbocycles. The summed E-state index contributed by atoms with van der Waals surface area (Å²) in [5.41, 5.74) is 3.43. The fourth-order valence-electron chi connectivity index (χ4n) is 2.19. The van der Waals surface area contributed by atoms with Crippen molar-refractivity contribution in [1.82, 2.24) is 4.98 Å². The molecular formula is C16H14N2OS. The number of pyridine rings is 1. The number of hydrogen-bond acceptors (Lipinski definition) is 4. The Morgan fingerprint density at radius 2 is 1.95 bits per heavy atom. The van der Waals surface area contributed by atoms with E-state index in [1.165, 1.54) is 4.90 Å². The van der Waals surface area contributed by atoms with Gasteiger partial charge in [0.25, 0.3) is 0 Å². The topological polar surface area (TPSA) is 33.2 Å². The van der Waals surface area contributed by atoms with Crippen molar-refractivity contribution in [2.45, 2.75) is 11.8 Å². The third kappa shape index (κ3) is 2.34. The molecule has 0 bridgehead atoms. The van der Waals surface area contributed by atoms with Crippen LogP contribution in [0.3, 0.4) is 0 Å². The van der Waals surface area contributed by atoms with Crippen molar-refractivity contribution in [2.75, 3.05) is 11.9 Å². The molecule has 0 aliphatic carbocycles. The Balaban J connectivity index is 2.01. The molecule has 4 heteroatoms. The zero-order valence-electron chi connectivity index (χ0n) is 11.3. The van der Waals surface area contributed by atoms with E-state index >= 15 is 0 Å². The number of anilines is 1. The van der Waals surface area contributed by atoms with Crippen LogP contribution >= 0.6 is 11.8 Å². The number of carbonyl (C=O) groups excluding carboxylic acids is 1. The minimum atomic E-state index is 0.0708. The molecule has 0 saturated heterocycles. The van der Waals surface area contributed by atoms with Crippen LogP contribution in [-0.2, 0) is 4.79 Å². The second-order valence-electron chi connectivity index (χ2n) is 4.67. The quantitative estimate of drug-likeness (QED) is 0.786. The SMILES string of the molecule is CC(=O)C=C1Sc2ccc(-c3ccncc3)cc2N1C. The van der Waals surface area contributed by atoms with Crippen LogP contribution in [0.5, 0.6) is 0 Å². The number of aromatic nitrogens is 1. The number of thioether (sulfide) groups is 1. The Kier molecular flexibility index (Phi) is 3.32. The van der Waals surface area contributed by atoms with Crippen LogP contribution in [0.4, 0.5) is 5.69 Å². The summed E-state index contributed by atoms with van der Waals surface area (Å²) in [6.07, 6.45) is 5.26. The first-order chi connectivity index (χ1) is 9.65. The van der Waals surface area contributed by atoms with Crippen LogP contribution in [-0.4, -0.2) is 17.8 Å². The highest BCUT2D eigenvalue weighted by Crippen LogP contribution is 2.46. The van der Waals surface area contributed by atoms with Gasteiger partial charge in [0.1, 0.15) is 0 Å². The fraction of sp³-hybridized carbons (Fsp3) is 0.125. The number of nitrogens with zero attached hydrogens (tertiary/aromatic N) is 2. The summed E-state index contributed by atoms with van der Waals surface area (Å²) in [5, 5.41) is 0.972. The molecule has 0 unspecified atom stereocenters. The summed E-state index contributed by atoms with van der Waals surface area (Å²) in [6, 6.07) is 10.4. The molecule has 0 atom stereocenters. The van der Waals surface area contributed by atoms with Gasteiger partial charge in [0.15, 0.2) is 5.78 Å². The molecule has 0 amide bonds. The normalized spacial score (nSPS) is 15.5. The highest BCUT2D eigenvalue weighted by molar-refractivity contribution is 8.03. The van der Waals surface area contributed by atoms with Gasteiger partial charge in [0.05, 0.1) is 10.7 Å². The molecule has 1 aliphatic rings. The largest absolute Gasteiger partial charge is 0.338 e. The van der Waals surface area contributed by atoms with Gasteiger partial charge in [0, 0.05) is 30.4 Å². The van der Waals surface area contributed by atoms with Crippen molar-refractivity contribution < 1.29 is 4.79 Å². The molecule has 1 aromatic carbocycles. The molecule has 1 aliphatic heterocycles. The molecule has 0 N–H and O–H groups in total. The number of allylic oxidation sites excluding steroid dienone is 1. The van der Waals surface area contributed by atoms with Crippen molar-refractivity contribution in [1.29, 1.82) is 0 Å². The molecule has 0 radical (unpaired) electrons. The van der Waals surface area contributed by atoms with E-state index in [1.807, 2.05) is 19.2 Å². The minimum absolute atomic E-state index is 0.0708. The van der Waals surface area contributed by atoms with Crippen molar-refractivity contribution in [2.24, 2.45) is 0 Å². The number of rotatable bonds is 2. The lowest BCUT2D eigenvalue weighted by Crippen LogP contribution is -2.10. The van der Waals surface area contributed by atoms with Crippen molar-refractivity contribution in [3.05, 3.63) is 53.8 Å². The van der Waals surface area contributed by atoms with Gasteiger partial charge in [0.2, 0.25) is 0 Å². The zero-order valence-corrected chi connectivity index (χ0v) is 12.1. The van der Waals surface area contributed by atoms with E-state index in [0.717, 1.165) is 21.8 Å². The summed E-state index contributed by atoms with van der Waals surface area (Å²) < 4.78 is 0. The molecule has 2 aromatic rings. The molecule has 2 heterocycles. The van der Waals surface area contributed by atoms with Gasteiger partial charge >= 0.3 is 0 Å². The van der Waals surface area contributed by atoms with E-state index < -0.39 is 0 Å². The molecule has 0 fully saturated rings. The van der Waals surface area contributed by atoms with E-state index in [9.17, 15) is 4.79 Å². The summed E-state index contributed by atoms with van der Waals surface area (Å²) >= 11 is 1.63. The lowest BCUT2D eigenvalue weighted by Gasteiger charge is -2.14. The van der Waals surface area contributed by atoms with E-state index in [-0.39, 0.29) is 5.78 Å². The summed E-state index contributed by atoms with van der Waals surface area (Å²) in [5.74, 6) is 0.0708. The Morgan fingerprint density at radius 3 is 2.65 bits per heavy atom. The monoisotopic (exact) mass is 282 g/mol. The number of ketones is 1. The predicted molar refractivity (Wildman–Crippen MR) is 82.7 cm³/mol. The van der Waals surface area contributed by atoms with Crippen LogP contribution in [0.25, 0.3) is 11.1 Å². The van der Waals surface area contributed by atoms with Gasteiger partial charge in [-0.25, -0.2) is 0 Å². The van der Waals surface area contributed by atoms with Crippen LogP contribution in [0.1, 0.15) is 6.92 Å². The third-order valence-corrected chi connectivity index (χ3v) is 4.37. The Morgan fingerprint density at radius 1 is 1.20 bits per heavy atom. The van der Waals surface area contributed by atoms with E-state index in [4.69, 9.17) is 0 Å². The van der Waals surface area contributed by atoms with Crippen LogP contribution in [0.15, 0.2) is 58.7 Å². The first kappa shape index (κ1) is 12.9. The van der Waals surface area contributed by atoms with Crippen molar-refractivity contribution in [3.8, 4) is 11.1 Å². The van der Waals surface area contributed by atoms with E-state index in [1.54, 1.807) is 37.2 Å². The summed E-state index contributed by atoms with van der Waals surface area (Å²) in [6.45, 7) is 1.58. The predicted octanol–water partition coefficient (Wildman–Crippen LogP) is 3.72. The maximum Gasteiger partial charge on any atom is 0.155 e. The zero-order chi connectivity index (χ0) is 14.1. The standard InChI is InChI=1S/C16H14N2OS/c1-11(19)9-16-18(2)14-10-13(3-4-15(14)20-16)12-5-7-17-8-6-12/h3-10H,1-2H3. The second-order valence-corrected chi connectivity index (χ2v) is 5.73. The van der Waals surface area contributed by atoms with Gasteiger partial charge in [-0.15, -0.1) is 0 Å². The summed E-state index contributed by atoms with van der Waals surface area (Å²) in [4.78, 5) is 18.5. The maximum atomic E-state index is 11.3. The third-order valence-electron chi connectivity index (χ3n) is 3.21. The van der Waals surface area contributed by atoms with Gasteiger partial charge in [-0.3, -0.25) is 9.78 Å². The Labute approximate surface area is 122 Å². The highest BCUT2D eigenvalue weighted by Gasteiger charge is 2.22. The van der Waals surface area contributed by atoms with Gasteiger partial charge < -0.3 is 4.90 Å². The molecule has 20 heavy (non-hydrogen) atoms. The molecule has 1 aromatic heterocycles. The Bertz CT molecular complexity index is 695. The summed E-state index contributed by atoms with van der Waals surface area (Å²) in [7, 11) is 1.99. The van der Waals surface area contributed by atoms with E-state index in [0.29, 0.717) is 0 Å². The highest BCUT2D eigenvalue weighted by atomic mass is 32.2. The van der Waals surface area contributed by atoms with Crippen LogP contribution in [0.2, 0.25) is 0 Å². The molecular weight excluding hydrogens is 268 g/mol. The Hall–Kier alpha value is -2.07. The number of benzene rings is 1. The maximum absolute atomic E-state index is 11.3. The average molecular weight is 282 g/mol. The van der Waals surface area contributed by atoms with Crippen molar-refractivity contribution >= 4 is 23.2 Å². The second kappa shape index (κ2) is 5.13. The van der Waals surface area contributed by atoms with E-state index in [2.05, 4.69) is 28.1 Å². The molecule has 3 rings (SSSR count). The fourth-order valence-corrected chi connectivity index (χ4v) is 3.31. The lowest BCUT2D eigenvalue weighted by atomic mass is 10.1. The average Bonchev–Trinajstić information content (AvgIpc) is 2.75. The molecule has 100 valence electrons. The number of fused-ring (bicyclic) bond motifs is 1. The van der Waals surface area contributed by atoms with Crippen LogP contribution < -0.4 is 4.90 Å². The molecule has 3 nitrogen and oxygen atoms in total. The van der Waals surface area contributed by atoms with Crippen molar-refractivity contribution in [3.63, 3.8) is 0 Å². The first-order valence-corrected chi connectivity index (χ1v) is 7.15. The van der Waals surface area contributed by atoms with Gasteiger partial charge in [-0.2, -0.15) is 0 Å². The lowest BCUT2D eigenvalue weighted by molar-refractivity contribution is -0.112. The van der Waals surface area contributed by atoms with Gasteiger partial charge in [-0.05, 0) is 42.3 Å². The van der Waals surface area contributed by atoms with Gasteiger partial charge in [-0.1, -0.05) is 17.8 Å². The number of carbonyl (C=O) groups is 1. The smallest absolute Gasteiger partial charge is 0.155 e. The molecule has 0 spiro atoms. The minimum Gasteiger partial charge on any atom is -0.338 e. The first-order valence-electron chi connectivity index (χ1n) is 6.33. The number of hydrogen-bond donors (Lipinski definition) is 0. The van der Waals surface area contributed by atoms with Crippen LogP contribution in [0, 0.1) is 0 Å².